The minimum atomic E-state index is -0.124. The van der Waals surface area contributed by atoms with Gasteiger partial charge in [-0.15, -0.1) is 0 Å². The fraction of sp³-hybridized carbons (Fsp3) is 0.944. The molecule has 1 saturated heterocycles. The summed E-state index contributed by atoms with van der Waals surface area (Å²) in [7, 11) is 0. The molecule has 0 spiro atoms. The summed E-state index contributed by atoms with van der Waals surface area (Å²) in [5.74, 6) is 0.0489. The van der Waals surface area contributed by atoms with Crippen LogP contribution >= 0.6 is 0 Å². The van der Waals surface area contributed by atoms with Crippen LogP contribution in [-0.4, -0.2) is 32.1 Å². The fourth-order valence-electron chi connectivity index (χ4n) is 2.97. The van der Waals surface area contributed by atoms with E-state index >= 15 is 0 Å². The number of hydrogen-bond donors (Lipinski definition) is 0. The van der Waals surface area contributed by atoms with Gasteiger partial charge in [-0.1, -0.05) is 26.2 Å². The van der Waals surface area contributed by atoms with Crippen molar-refractivity contribution >= 4 is 5.97 Å². The molecule has 0 aromatic rings. The first-order chi connectivity index (χ1) is 10.8. The van der Waals surface area contributed by atoms with Crippen LogP contribution in [0.5, 0.6) is 0 Å². The van der Waals surface area contributed by atoms with Crippen LogP contribution in [-0.2, 0) is 19.0 Å². The lowest BCUT2D eigenvalue weighted by atomic mass is 9.98. The molecule has 0 aromatic carbocycles. The summed E-state index contributed by atoms with van der Waals surface area (Å²) < 4.78 is 16.7. The van der Waals surface area contributed by atoms with Crippen molar-refractivity contribution in [1.29, 1.82) is 0 Å². The summed E-state index contributed by atoms with van der Waals surface area (Å²) in [5.41, 5.74) is -0.124. The van der Waals surface area contributed by atoms with Crippen molar-refractivity contribution in [2.24, 2.45) is 5.41 Å². The van der Waals surface area contributed by atoms with Crippen LogP contribution in [0, 0.1) is 5.41 Å². The van der Waals surface area contributed by atoms with Gasteiger partial charge in [0, 0.05) is 13.2 Å². The van der Waals surface area contributed by atoms with Gasteiger partial charge >= 0.3 is 5.97 Å². The molecule has 22 heavy (non-hydrogen) atoms. The van der Waals surface area contributed by atoms with Gasteiger partial charge < -0.3 is 14.2 Å². The van der Waals surface area contributed by atoms with Gasteiger partial charge in [-0.05, 0) is 51.4 Å². The van der Waals surface area contributed by atoms with E-state index in [1.807, 2.05) is 0 Å². The average molecular weight is 312 g/mol. The summed E-state index contributed by atoms with van der Waals surface area (Å²) in [6, 6.07) is 0. The molecule has 1 aliphatic carbocycles. The first kappa shape index (κ1) is 17.7. The molecule has 2 fully saturated rings. The minimum absolute atomic E-state index is 0.0251. The van der Waals surface area contributed by atoms with E-state index in [1.54, 1.807) is 0 Å². The maximum Gasteiger partial charge on any atom is 0.312 e. The lowest BCUT2D eigenvalue weighted by Gasteiger charge is -2.22. The largest absolute Gasteiger partial charge is 0.465 e. The zero-order valence-electron chi connectivity index (χ0n) is 14.1. The Morgan fingerprint density at radius 3 is 2.68 bits per heavy atom. The van der Waals surface area contributed by atoms with E-state index < -0.39 is 0 Å². The van der Waals surface area contributed by atoms with Gasteiger partial charge in [0.15, 0.2) is 6.29 Å². The summed E-state index contributed by atoms with van der Waals surface area (Å²) >= 11 is 0. The average Bonchev–Trinajstić information content (AvgIpc) is 3.33. The third kappa shape index (κ3) is 5.88. The van der Waals surface area contributed by atoms with Gasteiger partial charge in [-0.3, -0.25) is 4.79 Å². The highest BCUT2D eigenvalue weighted by atomic mass is 16.7. The summed E-state index contributed by atoms with van der Waals surface area (Å²) in [6.07, 6.45) is 11.8. The van der Waals surface area contributed by atoms with Crippen LogP contribution in [0.3, 0.4) is 0 Å². The van der Waals surface area contributed by atoms with Gasteiger partial charge in [0.25, 0.3) is 0 Å². The van der Waals surface area contributed by atoms with Gasteiger partial charge in [0.2, 0.25) is 0 Å². The summed E-state index contributed by atoms with van der Waals surface area (Å²) in [4.78, 5) is 12.1. The molecule has 1 saturated carbocycles. The Morgan fingerprint density at radius 2 is 2.00 bits per heavy atom. The van der Waals surface area contributed by atoms with E-state index in [9.17, 15) is 4.79 Å². The second-order valence-electron chi connectivity index (χ2n) is 6.75. The van der Waals surface area contributed by atoms with Crippen molar-refractivity contribution in [2.45, 2.75) is 83.8 Å². The molecule has 1 unspecified atom stereocenters. The molecule has 1 aliphatic heterocycles. The number of carbonyl (C=O) groups excluding carboxylic acids is 1. The second-order valence-corrected chi connectivity index (χ2v) is 6.75. The quantitative estimate of drug-likeness (QED) is 0.423. The highest BCUT2D eigenvalue weighted by Gasteiger charge is 2.50. The molecular formula is C18H32O4. The lowest BCUT2D eigenvalue weighted by Crippen LogP contribution is -2.22. The summed E-state index contributed by atoms with van der Waals surface area (Å²) in [5, 5.41) is 0. The Hall–Kier alpha value is -0.610. The molecule has 4 heteroatoms. The molecule has 1 heterocycles. The number of esters is 1. The molecule has 0 radical (unpaired) electrons. The van der Waals surface area contributed by atoms with Crippen LogP contribution in [0.15, 0.2) is 0 Å². The first-order valence-corrected chi connectivity index (χ1v) is 9.17. The zero-order chi connectivity index (χ0) is 15.7. The normalized spacial score (nSPS) is 23.2. The standard InChI is InChI=1S/C18H32O4/c1-2-3-13-22-17(19)18(11-12-18)10-6-4-7-14-20-16-9-5-8-15-21-16/h16H,2-15H2,1H3. The van der Waals surface area contributed by atoms with Crippen molar-refractivity contribution in [1.82, 2.24) is 0 Å². The van der Waals surface area contributed by atoms with Crippen molar-refractivity contribution in [3.63, 3.8) is 0 Å². The smallest absolute Gasteiger partial charge is 0.312 e. The van der Waals surface area contributed by atoms with Crippen molar-refractivity contribution < 1.29 is 19.0 Å². The van der Waals surface area contributed by atoms with Crippen molar-refractivity contribution in [3.05, 3.63) is 0 Å². The van der Waals surface area contributed by atoms with Gasteiger partial charge in [0.05, 0.1) is 12.0 Å². The van der Waals surface area contributed by atoms with Crippen LogP contribution < -0.4 is 0 Å². The van der Waals surface area contributed by atoms with E-state index in [-0.39, 0.29) is 17.7 Å². The van der Waals surface area contributed by atoms with Crippen molar-refractivity contribution in [2.75, 3.05) is 19.8 Å². The Bertz CT molecular complexity index is 319. The van der Waals surface area contributed by atoms with Gasteiger partial charge in [-0.2, -0.15) is 0 Å². The SMILES string of the molecule is CCCCOC(=O)C1(CCCCCOC2CCCCO2)CC1. The maximum atomic E-state index is 12.1. The first-order valence-electron chi connectivity index (χ1n) is 9.17. The molecule has 0 N–H and O–H groups in total. The number of hydrogen-bond acceptors (Lipinski definition) is 4. The number of rotatable bonds is 11. The van der Waals surface area contributed by atoms with Crippen LogP contribution in [0.1, 0.15) is 77.6 Å². The van der Waals surface area contributed by atoms with E-state index in [1.165, 1.54) is 6.42 Å². The number of ether oxygens (including phenoxy) is 3. The molecule has 128 valence electrons. The molecule has 4 nitrogen and oxygen atoms in total. The Labute approximate surface area is 134 Å². The minimum Gasteiger partial charge on any atom is -0.465 e. The lowest BCUT2D eigenvalue weighted by molar-refractivity contribution is -0.162. The summed E-state index contributed by atoms with van der Waals surface area (Å²) in [6.45, 7) is 4.32. The van der Waals surface area contributed by atoms with E-state index in [4.69, 9.17) is 14.2 Å². The Morgan fingerprint density at radius 1 is 1.14 bits per heavy atom. The third-order valence-electron chi connectivity index (χ3n) is 4.76. The van der Waals surface area contributed by atoms with E-state index in [2.05, 4.69) is 6.92 Å². The molecule has 0 bridgehead atoms. The molecule has 0 aromatic heterocycles. The van der Waals surface area contributed by atoms with E-state index in [0.29, 0.717) is 6.61 Å². The zero-order valence-corrected chi connectivity index (χ0v) is 14.1. The van der Waals surface area contributed by atoms with Crippen LogP contribution in [0.4, 0.5) is 0 Å². The van der Waals surface area contributed by atoms with Gasteiger partial charge in [0.1, 0.15) is 0 Å². The number of unbranched alkanes of at least 4 members (excludes halogenated alkanes) is 3. The van der Waals surface area contributed by atoms with Crippen LogP contribution in [0.2, 0.25) is 0 Å². The Balaban J connectivity index is 1.48. The van der Waals surface area contributed by atoms with E-state index in [0.717, 1.165) is 77.4 Å². The Kier molecular flexibility index (Phi) is 7.67. The number of carbonyl (C=O) groups is 1. The molecule has 2 rings (SSSR count). The second kappa shape index (κ2) is 9.51. The molecule has 0 amide bonds. The predicted octanol–water partition coefficient (Wildman–Crippen LogP) is 4.21. The van der Waals surface area contributed by atoms with Crippen LogP contribution in [0.25, 0.3) is 0 Å². The predicted molar refractivity (Wildman–Crippen MR) is 85.5 cm³/mol. The topological polar surface area (TPSA) is 44.8 Å². The van der Waals surface area contributed by atoms with Crippen molar-refractivity contribution in [3.8, 4) is 0 Å². The molecule has 2 aliphatic rings. The van der Waals surface area contributed by atoms with Gasteiger partial charge in [-0.25, -0.2) is 0 Å². The molecule has 1 atom stereocenters. The maximum absolute atomic E-state index is 12.1. The fourth-order valence-corrected chi connectivity index (χ4v) is 2.97. The highest BCUT2D eigenvalue weighted by Crippen LogP contribution is 2.51. The third-order valence-corrected chi connectivity index (χ3v) is 4.76. The monoisotopic (exact) mass is 312 g/mol. The molecular weight excluding hydrogens is 280 g/mol. The highest BCUT2D eigenvalue weighted by molar-refractivity contribution is 5.79.